The Morgan fingerprint density at radius 1 is 1.15 bits per heavy atom. The van der Waals surface area contributed by atoms with Gasteiger partial charge in [0.25, 0.3) is 0 Å². The van der Waals surface area contributed by atoms with E-state index in [4.69, 9.17) is 4.74 Å². The minimum Gasteiger partial charge on any atom is -0.385 e. The molecule has 1 rings (SSSR count). The Labute approximate surface area is 121 Å². The maximum absolute atomic E-state index is 11.5. The minimum atomic E-state index is 0.0425. The Morgan fingerprint density at radius 2 is 1.80 bits per heavy atom. The van der Waals surface area contributed by atoms with Crippen LogP contribution in [0.3, 0.4) is 0 Å². The number of nitrogens with one attached hydrogen (secondary N) is 2. The molecule has 1 amide bonds. The summed E-state index contributed by atoms with van der Waals surface area (Å²) in [6, 6.07) is 8.37. The Morgan fingerprint density at radius 3 is 2.35 bits per heavy atom. The van der Waals surface area contributed by atoms with Crippen LogP contribution < -0.4 is 10.6 Å². The van der Waals surface area contributed by atoms with Gasteiger partial charge in [0.2, 0.25) is 5.91 Å². The van der Waals surface area contributed by atoms with Crippen LogP contribution in [0.1, 0.15) is 32.8 Å². The number of amides is 1. The Kier molecular flexibility index (Phi) is 6.52. The molecule has 0 aliphatic rings. The number of hydrogen-bond donors (Lipinski definition) is 2. The third-order valence-corrected chi connectivity index (χ3v) is 3.06. The first-order valence-corrected chi connectivity index (χ1v) is 7.03. The highest BCUT2D eigenvalue weighted by atomic mass is 16.5. The highest BCUT2D eigenvalue weighted by Gasteiger charge is 2.12. The van der Waals surface area contributed by atoms with Crippen molar-refractivity contribution >= 4 is 11.6 Å². The lowest BCUT2D eigenvalue weighted by Crippen LogP contribution is -2.28. The van der Waals surface area contributed by atoms with Crippen molar-refractivity contribution in [1.82, 2.24) is 5.32 Å². The molecule has 0 spiro atoms. The second-order valence-electron chi connectivity index (χ2n) is 5.85. The first-order chi connectivity index (χ1) is 9.43. The Hall–Kier alpha value is -1.55. The molecule has 0 aliphatic heterocycles. The van der Waals surface area contributed by atoms with Gasteiger partial charge in [-0.05, 0) is 23.1 Å². The van der Waals surface area contributed by atoms with E-state index in [9.17, 15) is 4.79 Å². The third kappa shape index (κ3) is 6.06. The van der Waals surface area contributed by atoms with Crippen LogP contribution in [0.5, 0.6) is 0 Å². The summed E-state index contributed by atoms with van der Waals surface area (Å²) in [7, 11) is 1.62. The molecule has 0 aromatic heterocycles. The van der Waals surface area contributed by atoms with E-state index in [0.29, 0.717) is 26.1 Å². The van der Waals surface area contributed by atoms with E-state index in [-0.39, 0.29) is 11.3 Å². The van der Waals surface area contributed by atoms with Gasteiger partial charge in [-0.3, -0.25) is 4.79 Å². The van der Waals surface area contributed by atoms with Crippen molar-refractivity contribution in [3.63, 3.8) is 0 Å². The fourth-order valence-electron chi connectivity index (χ4n) is 1.79. The number of rotatable bonds is 7. The minimum absolute atomic E-state index is 0.0425. The number of carbonyl (C=O) groups excluding carboxylic acids is 1. The summed E-state index contributed by atoms with van der Waals surface area (Å²) in [5.74, 6) is 0.0425. The van der Waals surface area contributed by atoms with Gasteiger partial charge >= 0.3 is 0 Å². The lowest BCUT2D eigenvalue weighted by Gasteiger charge is -2.19. The summed E-state index contributed by atoms with van der Waals surface area (Å²) in [5.41, 5.74) is 2.52. The van der Waals surface area contributed by atoms with Crippen LogP contribution >= 0.6 is 0 Å². The fraction of sp³-hybridized carbons (Fsp3) is 0.562. The van der Waals surface area contributed by atoms with Crippen LogP contribution in [0, 0.1) is 0 Å². The van der Waals surface area contributed by atoms with Crippen LogP contribution in [0.15, 0.2) is 24.3 Å². The lowest BCUT2D eigenvalue weighted by atomic mass is 9.87. The summed E-state index contributed by atoms with van der Waals surface area (Å²) in [4.78, 5) is 11.5. The molecular formula is C16H26N2O2. The molecule has 0 saturated heterocycles. The molecule has 0 bridgehead atoms. The van der Waals surface area contributed by atoms with Crippen molar-refractivity contribution in [3.8, 4) is 0 Å². The number of carbonyl (C=O) groups is 1. The molecule has 0 atom stereocenters. The van der Waals surface area contributed by atoms with Crippen molar-refractivity contribution in [1.29, 1.82) is 0 Å². The molecule has 4 nitrogen and oxygen atoms in total. The second kappa shape index (κ2) is 7.90. The van der Waals surface area contributed by atoms with E-state index in [0.717, 1.165) is 5.69 Å². The molecule has 0 fully saturated rings. The van der Waals surface area contributed by atoms with E-state index in [1.54, 1.807) is 7.11 Å². The molecule has 1 aromatic rings. The third-order valence-electron chi connectivity index (χ3n) is 3.06. The van der Waals surface area contributed by atoms with Gasteiger partial charge in [0, 0.05) is 32.3 Å². The first-order valence-electron chi connectivity index (χ1n) is 7.03. The summed E-state index contributed by atoms with van der Waals surface area (Å²) in [6.07, 6.45) is 0.463. The SMILES string of the molecule is COCCNC(=O)CCNc1ccc(C(C)(C)C)cc1. The van der Waals surface area contributed by atoms with E-state index in [2.05, 4.69) is 55.7 Å². The van der Waals surface area contributed by atoms with Gasteiger partial charge in [0.15, 0.2) is 0 Å². The van der Waals surface area contributed by atoms with Gasteiger partial charge in [-0.25, -0.2) is 0 Å². The molecule has 0 aliphatic carbocycles. The molecule has 20 heavy (non-hydrogen) atoms. The molecule has 2 N–H and O–H groups in total. The van der Waals surface area contributed by atoms with Crippen molar-refractivity contribution < 1.29 is 9.53 Å². The molecule has 0 unspecified atom stereocenters. The summed E-state index contributed by atoms with van der Waals surface area (Å²) >= 11 is 0. The zero-order chi connectivity index (χ0) is 15.0. The number of benzene rings is 1. The lowest BCUT2D eigenvalue weighted by molar-refractivity contribution is -0.121. The number of hydrogen-bond acceptors (Lipinski definition) is 3. The van der Waals surface area contributed by atoms with E-state index >= 15 is 0 Å². The highest BCUT2D eigenvalue weighted by Crippen LogP contribution is 2.23. The van der Waals surface area contributed by atoms with Crippen molar-refractivity contribution in [2.75, 3.05) is 32.1 Å². The maximum Gasteiger partial charge on any atom is 0.221 e. The van der Waals surface area contributed by atoms with E-state index in [1.165, 1.54) is 5.56 Å². The first kappa shape index (κ1) is 16.5. The standard InChI is InChI=1S/C16H26N2O2/c1-16(2,3)13-5-7-14(8-6-13)17-10-9-15(19)18-11-12-20-4/h5-8,17H,9-12H2,1-4H3,(H,18,19). The molecule has 0 heterocycles. The maximum atomic E-state index is 11.5. The van der Waals surface area contributed by atoms with Crippen molar-refractivity contribution in [3.05, 3.63) is 29.8 Å². The van der Waals surface area contributed by atoms with Crippen LogP contribution in [-0.2, 0) is 14.9 Å². The summed E-state index contributed by atoms with van der Waals surface area (Å²) in [6.45, 7) is 8.33. The molecule has 0 saturated carbocycles. The number of ether oxygens (including phenoxy) is 1. The number of anilines is 1. The summed E-state index contributed by atoms with van der Waals surface area (Å²) < 4.78 is 4.87. The largest absolute Gasteiger partial charge is 0.385 e. The highest BCUT2D eigenvalue weighted by molar-refractivity contribution is 5.76. The molecule has 112 valence electrons. The average molecular weight is 278 g/mol. The molecule has 4 heteroatoms. The van der Waals surface area contributed by atoms with Crippen LogP contribution in [0.4, 0.5) is 5.69 Å². The predicted octanol–water partition coefficient (Wildman–Crippen LogP) is 2.55. The van der Waals surface area contributed by atoms with Gasteiger partial charge in [0.1, 0.15) is 0 Å². The predicted molar refractivity (Wildman–Crippen MR) is 83.1 cm³/mol. The van der Waals surface area contributed by atoms with Gasteiger partial charge in [-0.2, -0.15) is 0 Å². The van der Waals surface area contributed by atoms with Crippen LogP contribution in [0.2, 0.25) is 0 Å². The van der Waals surface area contributed by atoms with Crippen LogP contribution in [0.25, 0.3) is 0 Å². The molecular weight excluding hydrogens is 252 g/mol. The summed E-state index contributed by atoms with van der Waals surface area (Å²) in [5, 5.41) is 6.05. The zero-order valence-electron chi connectivity index (χ0n) is 13.0. The van der Waals surface area contributed by atoms with Gasteiger partial charge in [0.05, 0.1) is 6.61 Å². The topological polar surface area (TPSA) is 50.4 Å². The van der Waals surface area contributed by atoms with Gasteiger partial charge in [-0.1, -0.05) is 32.9 Å². The van der Waals surface area contributed by atoms with E-state index < -0.39 is 0 Å². The van der Waals surface area contributed by atoms with E-state index in [1.807, 2.05) is 0 Å². The monoisotopic (exact) mass is 278 g/mol. The van der Waals surface area contributed by atoms with Gasteiger partial charge < -0.3 is 15.4 Å². The second-order valence-corrected chi connectivity index (χ2v) is 5.85. The molecule has 0 radical (unpaired) electrons. The van der Waals surface area contributed by atoms with Gasteiger partial charge in [-0.15, -0.1) is 0 Å². The quantitative estimate of drug-likeness (QED) is 0.754. The Balaban J connectivity index is 2.30. The zero-order valence-corrected chi connectivity index (χ0v) is 13.0. The fourth-order valence-corrected chi connectivity index (χ4v) is 1.79. The smallest absolute Gasteiger partial charge is 0.221 e. The Bertz CT molecular complexity index is 407. The normalized spacial score (nSPS) is 11.2. The van der Waals surface area contributed by atoms with Crippen molar-refractivity contribution in [2.24, 2.45) is 0 Å². The van der Waals surface area contributed by atoms with Crippen molar-refractivity contribution in [2.45, 2.75) is 32.6 Å². The number of methoxy groups -OCH3 is 1. The molecule has 1 aromatic carbocycles. The average Bonchev–Trinajstić information content (AvgIpc) is 2.38. The van der Waals surface area contributed by atoms with Crippen LogP contribution in [-0.4, -0.2) is 32.7 Å².